The zero-order valence-electron chi connectivity index (χ0n) is 17.5. The number of carbonyl (C=O) groups is 2. The van der Waals surface area contributed by atoms with Gasteiger partial charge in [0.15, 0.2) is 0 Å². The van der Waals surface area contributed by atoms with Crippen LogP contribution in [0.1, 0.15) is 19.4 Å². The van der Waals surface area contributed by atoms with Gasteiger partial charge in [-0.2, -0.15) is 0 Å². The highest BCUT2D eigenvalue weighted by atomic mass is 19.1. The van der Waals surface area contributed by atoms with E-state index in [9.17, 15) is 14.0 Å². The first-order valence-electron chi connectivity index (χ1n) is 10.4. The molecule has 6 nitrogen and oxygen atoms in total. The SMILES string of the molecule is CCc1ccccc1NC(=O)CN1CCN([C@H](C)C(=O)Nc2ccccc2F)CC1. The molecule has 0 unspecified atom stereocenters. The van der Waals surface area contributed by atoms with Crippen LogP contribution < -0.4 is 10.6 Å². The van der Waals surface area contributed by atoms with Crippen molar-refractivity contribution in [2.45, 2.75) is 26.3 Å². The lowest BCUT2D eigenvalue weighted by Gasteiger charge is -2.37. The highest BCUT2D eigenvalue weighted by molar-refractivity contribution is 5.94. The monoisotopic (exact) mass is 412 g/mol. The first kappa shape index (κ1) is 21.9. The summed E-state index contributed by atoms with van der Waals surface area (Å²) in [5.41, 5.74) is 2.17. The van der Waals surface area contributed by atoms with E-state index in [1.165, 1.54) is 6.07 Å². The number of aryl methyl sites for hydroxylation is 1. The maximum Gasteiger partial charge on any atom is 0.241 e. The minimum absolute atomic E-state index is 0.0327. The summed E-state index contributed by atoms with van der Waals surface area (Å²) in [6.45, 7) is 6.94. The topological polar surface area (TPSA) is 64.7 Å². The van der Waals surface area contributed by atoms with Gasteiger partial charge in [0.05, 0.1) is 18.3 Å². The number of benzene rings is 2. The van der Waals surface area contributed by atoms with E-state index in [0.717, 1.165) is 17.7 Å². The van der Waals surface area contributed by atoms with Crippen molar-refractivity contribution in [2.75, 3.05) is 43.4 Å². The van der Waals surface area contributed by atoms with Gasteiger partial charge in [-0.3, -0.25) is 19.4 Å². The van der Waals surface area contributed by atoms with E-state index in [4.69, 9.17) is 0 Å². The first-order chi connectivity index (χ1) is 14.5. The van der Waals surface area contributed by atoms with Crippen molar-refractivity contribution in [2.24, 2.45) is 0 Å². The zero-order chi connectivity index (χ0) is 21.5. The van der Waals surface area contributed by atoms with Crippen molar-refractivity contribution in [1.82, 2.24) is 9.80 Å². The molecule has 0 aliphatic carbocycles. The van der Waals surface area contributed by atoms with Crippen LogP contribution in [0, 0.1) is 5.82 Å². The summed E-state index contributed by atoms with van der Waals surface area (Å²) in [5.74, 6) is -0.712. The predicted octanol–water partition coefficient (Wildman–Crippen LogP) is 2.97. The second-order valence-corrected chi connectivity index (χ2v) is 7.52. The van der Waals surface area contributed by atoms with Gasteiger partial charge < -0.3 is 10.6 Å². The Morgan fingerprint density at radius 3 is 2.27 bits per heavy atom. The minimum atomic E-state index is -0.446. The van der Waals surface area contributed by atoms with Gasteiger partial charge in [0.25, 0.3) is 0 Å². The maximum atomic E-state index is 13.8. The molecule has 1 aliphatic heterocycles. The lowest BCUT2D eigenvalue weighted by atomic mass is 10.1. The fourth-order valence-corrected chi connectivity index (χ4v) is 3.62. The molecule has 1 atom stereocenters. The summed E-state index contributed by atoms with van der Waals surface area (Å²) in [6, 6.07) is 13.6. The number of hydrogen-bond acceptors (Lipinski definition) is 4. The van der Waals surface area contributed by atoms with Crippen LogP contribution in [0.2, 0.25) is 0 Å². The third-order valence-corrected chi connectivity index (χ3v) is 5.51. The summed E-state index contributed by atoms with van der Waals surface area (Å²) in [6.07, 6.45) is 0.863. The summed E-state index contributed by atoms with van der Waals surface area (Å²) in [4.78, 5) is 29.1. The van der Waals surface area contributed by atoms with Crippen molar-refractivity contribution in [3.05, 3.63) is 59.9 Å². The number of piperazine rings is 1. The average molecular weight is 413 g/mol. The van der Waals surface area contributed by atoms with Gasteiger partial charge in [0.1, 0.15) is 5.82 Å². The van der Waals surface area contributed by atoms with Crippen LogP contribution in [0.4, 0.5) is 15.8 Å². The molecule has 30 heavy (non-hydrogen) atoms. The van der Waals surface area contributed by atoms with Gasteiger partial charge >= 0.3 is 0 Å². The Hall–Kier alpha value is -2.77. The van der Waals surface area contributed by atoms with Crippen molar-refractivity contribution >= 4 is 23.2 Å². The van der Waals surface area contributed by atoms with Gasteiger partial charge in [0.2, 0.25) is 11.8 Å². The lowest BCUT2D eigenvalue weighted by molar-refractivity contribution is -0.122. The molecule has 1 heterocycles. The highest BCUT2D eigenvalue weighted by Crippen LogP contribution is 2.16. The Labute approximate surface area is 177 Å². The van der Waals surface area contributed by atoms with E-state index in [-0.39, 0.29) is 23.5 Å². The van der Waals surface area contributed by atoms with E-state index >= 15 is 0 Å². The standard InChI is InChI=1S/C23H29FN4O2/c1-3-18-8-4-6-10-20(18)25-22(29)16-27-12-14-28(15-13-27)17(2)23(30)26-21-11-7-5-9-19(21)24/h4-11,17H,3,12-16H2,1-2H3,(H,25,29)(H,26,30)/t17-/m1/s1. The molecule has 0 saturated carbocycles. The van der Waals surface area contributed by atoms with E-state index < -0.39 is 5.82 Å². The smallest absolute Gasteiger partial charge is 0.241 e. The summed E-state index contributed by atoms with van der Waals surface area (Å²) in [7, 11) is 0. The molecule has 160 valence electrons. The number of carbonyl (C=O) groups excluding carboxylic acids is 2. The van der Waals surface area contributed by atoms with E-state index in [2.05, 4.69) is 27.4 Å². The molecule has 7 heteroatoms. The number of nitrogens with one attached hydrogen (secondary N) is 2. The maximum absolute atomic E-state index is 13.8. The van der Waals surface area contributed by atoms with E-state index in [0.29, 0.717) is 32.7 Å². The van der Waals surface area contributed by atoms with Crippen molar-refractivity contribution in [1.29, 1.82) is 0 Å². The molecule has 3 rings (SSSR count). The highest BCUT2D eigenvalue weighted by Gasteiger charge is 2.26. The first-order valence-corrected chi connectivity index (χ1v) is 10.4. The molecule has 1 aliphatic rings. The molecule has 2 amide bonds. The van der Waals surface area contributed by atoms with Crippen molar-refractivity contribution in [3.8, 4) is 0 Å². The molecule has 0 spiro atoms. The number of rotatable bonds is 7. The zero-order valence-corrected chi connectivity index (χ0v) is 17.5. The van der Waals surface area contributed by atoms with Crippen LogP contribution in [0.3, 0.4) is 0 Å². The molecule has 0 radical (unpaired) electrons. The summed E-state index contributed by atoms with van der Waals surface area (Å²) < 4.78 is 13.8. The normalized spacial score (nSPS) is 16.1. The minimum Gasteiger partial charge on any atom is -0.325 e. The Kier molecular flexibility index (Phi) is 7.54. The largest absolute Gasteiger partial charge is 0.325 e. The quantitative estimate of drug-likeness (QED) is 0.734. The Balaban J connectivity index is 1.46. The van der Waals surface area contributed by atoms with Gasteiger partial charge in [-0.05, 0) is 37.1 Å². The molecule has 2 aromatic carbocycles. The van der Waals surface area contributed by atoms with Gasteiger partial charge in [-0.1, -0.05) is 37.3 Å². The molecule has 1 fully saturated rings. The van der Waals surface area contributed by atoms with Crippen LogP contribution in [0.15, 0.2) is 48.5 Å². The van der Waals surface area contributed by atoms with Gasteiger partial charge in [-0.25, -0.2) is 4.39 Å². The van der Waals surface area contributed by atoms with Crippen molar-refractivity contribution < 1.29 is 14.0 Å². The van der Waals surface area contributed by atoms with Crippen LogP contribution >= 0.6 is 0 Å². The molecule has 2 aromatic rings. The number of halogens is 1. The second kappa shape index (κ2) is 10.3. The number of nitrogens with zero attached hydrogens (tertiary/aromatic N) is 2. The molecule has 1 saturated heterocycles. The fourth-order valence-electron chi connectivity index (χ4n) is 3.62. The van der Waals surface area contributed by atoms with Crippen molar-refractivity contribution in [3.63, 3.8) is 0 Å². The molecular weight excluding hydrogens is 383 g/mol. The lowest BCUT2D eigenvalue weighted by Crippen LogP contribution is -2.53. The Morgan fingerprint density at radius 1 is 0.967 bits per heavy atom. The Bertz CT molecular complexity index is 881. The number of hydrogen-bond donors (Lipinski definition) is 2. The van der Waals surface area contributed by atoms with E-state index in [1.807, 2.05) is 31.2 Å². The van der Waals surface area contributed by atoms with E-state index in [1.54, 1.807) is 18.2 Å². The second-order valence-electron chi connectivity index (χ2n) is 7.52. The number of amides is 2. The van der Waals surface area contributed by atoms with Crippen LogP contribution in [0.25, 0.3) is 0 Å². The fraction of sp³-hybridized carbons (Fsp3) is 0.391. The predicted molar refractivity (Wildman–Crippen MR) is 117 cm³/mol. The molecule has 2 N–H and O–H groups in total. The third-order valence-electron chi connectivity index (χ3n) is 5.51. The third kappa shape index (κ3) is 5.64. The van der Waals surface area contributed by atoms with Crippen LogP contribution in [0.5, 0.6) is 0 Å². The molecule has 0 aromatic heterocycles. The van der Waals surface area contributed by atoms with Crippen LogP contribution in [-0.2, 0) is 16.0 Å². The number of anilines is 2. The summed E-state index contributed by atoms with van der Waals surface area (Å²) in [5, 5.41) is 5.66. The van der Waals surface area contributed by atoms with Gasteiger partial charge in [-0.15, -0.1) is 0 Å². The Morgan fingerprint density at radius 2 is 1.60 bits per heavy atom. The average Bonchev–Trinajstić information content (AvgIpc) is 2.75. The molecular formula is C23H29FN4O2. The van der Waals surface area contributed by atoms with Crippen LogP contribution in [-0.4, -0.2) is 60.4 Å². The van der Waals surface area contributed by atoms with Gasteiger partial charge in [0, 0.05) is 31.9 Å². The molecule has 0 bridgehead atoms. The number of para-hydroxylation sites is 2. The summed E-state index contributed by atoms with van der Waals surface area (Å²) >= 11 is 0.